The minimum absolute atomic E-state index is 0.0456. The van der Waals surface area contributed by atoms with E-state index in [1.807, 2.05) is 13.0 Å². The van der Waals surface area contributed by atoms with Crippen LogP contribution in [0, 0.1) is 0 Å². The largest absolute Gasteiger partial charge is 0.392 e. The van der Waals surface area contributed by atoms with Crippen molar-refractivity contribution < 1.29 is 19.4 Å². The zero-order valence-corrected chi connectivity index (χ0v) is 20.0. The molecule has 8 heteroatoms. The zero-order chi connectivity index (χ0) is 22.5. The Kier molecular flexibility index (Phi) is 13.6. The van der Waals surface area contributed by atoms with Gasteiger partial charge in [-0.3, -0.25) is 4.79 Å². The maximum Gasteiger partial charge on any atom is 0.161 e. The average molecular weight is 496 g/mol. The number of ether oxygens (including phenoxy) is 2. The number of ketones is 1. The van der Waals surface area contributed by atoms with Gasteiger partial charge in [0, 0.05) is 40.2 Å². The lowest BCUT2D eigenvalue weighted by atomic mass is 10.1. The van der Waals surface area contributed by atoms with Gasteiger partial charge in [-0.05, 0) is 48.2 Å². The second-order valence-corrected chi connectivity index (χ2v) is 8.07. The van der Waals surface area contributed by atoms with Crippen LogP contribution >= 0.6 is 46.4 Å². The lowest BCUT2D eigenvalue weighted by Gasteiger charge is -2.11. The second-order valence-electron chi connectivity index (χ2n) is 6.38. The molecule has 1 atom stereocenters. The summed E-state index contributed by atoms with van der Waals surface area (Å²) in [5.74, 6) is 0.128. The van der Waals surface area contributed by atoms with Crippen LogP contribution in [0.1, 0.15) is 37.3 Å². The SMILES string of the molecule is CCC(OC)C(=O)CCCOCc1ccc(Cl)cc1Cl.OCc1ccc(Cl)cc1Cl. The van der Waals surface area contributed by atoms with Crippen LogP contribution in [0.2, 0.25) is 20.1 Å². The summed E-state index contributed by atoms with van der Waals surface area (Å²) >= 11 is 23.1. The fraction of sp³-hybridized carbons (Fsp3) is 0.409. The summed E-state index contributed by atoms with van der Waals surface area (Å²) in [6, 6.07) is 10.3. The number of methoxy groups -OCH3 is 1. The molecule has 0 bridgehead atoms. The average Bonchev–Trinajstić information content (AvgIpc) is 2.70. The lowest BCUT2D eigenvalue weighted by Crippen LogP contribution is -2.22. The number of carbonyl (C=O) groups excluding carboxylic acids is 1. The van der Waals surface area contributed by atoms with Crippen LogP contribution in [0.15, 0.2) is 36.4 Å². The smallest absolute Gasteiger partial charge is 0.161 e. The Morgan fingerprint density at radius 1 is 1.00 bits per heavy atom. The number of rotatable bonds is 10. The van der Waals surface area contributed by atoms with Crippen LogP contribution < -0.4 is 0 Å². The molecule has 0 aliphatic rings. The van der Waals surface area contributed by atoms with Gasteiger partial charge in [0.25, 0.3) is 0 Å². The number of carbonyl (C=O) groups is 1. The Bertz CT molecular complexity index is 795. The Balaban J connectivity index is 0.000000375. The molecule has 0 amide bonds. The van der Waals surface area contributed by atoms with Gasteiger partial charge in [0.15, 0.2) is 5.78 Å². The molecule has 4 nitrogen and oxygen atoms in total. The molecule has 0 spiro atoms. The van der Waals surface area contributed by atoms with Crippen molar-refractivity contribution in [3.63, 3.8) is 0 Å². The molecule has 1 N–H and O–H groups in total. The third-order valence-corrected chi connectivity index (χ3v) is 5.36. The van der Waals surface area contributed by atoms with E-state index in [9.17, 15) is 4.79 Å². The summed E-state index contributed by atoms with van der Waals surface area (Å²) in [7, 11) is 1.56. The van der Waals surface area contributed by atoms with Gasteiger partial charge in [-0.1, -0.05) is 65.5 Å². The van der Waals surface area contributed by atoms with Crippen LogP contribution in [0.3, 0.4) is 0 Å². The van der Waals surface area contributed by atoms with Gasteiger partial charge in [-0.25, -0.2) is 0 Å². The first-order chi connectivity index (χ1) is 14.3. The maximum atomic E-state index is 11.7. The Labute approximate surface area is 198 Å². The molecule has 0 aliphatic heterocycles. The summed E-state index contributed by atoms with van der Waals surface area (Å²) in [5, 5.41) is 11.0. The minimum atomic E-state index is -0.291. The summed E-state index contributed by atoms with van der Waals surface area (Å²) < 4.78 is 10.6. The fourth-order valence-electron chi connectivity index (χ4n) is 2.51. The van der Waals surface area contributed by atoms with E-state index in [1.165, 1.54) is 0 Å². The molecule has 166 valence electrons. The number of hydrogen-bond acceptors (Lipinski definition) is 4. The maximum absolute atomic E-state index is 11.7. The number of benzene rings is 2. The van der Waals surface area contributed by atoms with E-state index in [1.54, 1.807) is 37.4 Å². The van der Waals surface area contributed by atoms with E-state index in [-0.39, 0.29) is 18.5 Å². The summed E-state index contributed by atoms with van der Waals surface area (Å²) in [6.07, 6.45) is 1.57. The van der Waals surface area contributed by atoms with Crippen molar-refractivity contribution in [1.29, 1.82) is 0 Å². The number of aliphatic hydroxyl groups is 1. The molecule has 0 aromatic heterocycles. The normalized spacial score (nSPS) is 11.6. The molecule has 0 fully saturated rings. The molecule has 0 aliphatic carbocycles. The van der Waals surface area contributed by atoms with Crippen molar-refractivity contribution in [2.75, 3.05) is 13.7 Å². The van der Waals surface area contributed by atoms with E-state index in [4.69, 9.17) is 61.0 Å². The predicted molar refractivity (Wildman–Crippen MR) is 124 cm³/mol. The second kappa shape index (κ2) is 15.0. The third kappa shape index (κ3) is 9.97. The summed E-state index contributed by atoms with van der Waals surface area (Å²) in [5.41, 5.74) is 1.59. The van der Waals surface area contributed by atoms with E-state index in [0.717, 1.165) is 5.56 Å². The third-order valence-electron chi connectivity index (χ3n) is 4.18. The zero-order valence-electron chi connectivity index (χ0n) is 17.0. The molecule has 2 aromatic carbocycles. The van der Waals surface area contributed by atoms with Crippen LogP contribution in [0.5, 0.6) is 0 Å². The van der Waals surface area contributed by atoms with Crippen molar-refractivity contribution in [2.24, 2.45) is 0 Å². The minimum Gasteiger partial charge on any atom is -0.392 e. The molecule has 30 heavy (non-hydrogen) atoms. The first kappa shape index (κ1) is 27.2. The molecule has 0 saturated carbocycles. The van der Waals surface area contributed by atoms with Gasteiger partial charge >= 0.3 is 0 Å². The van der Waals surface area contributed by atoms with Crippen molar-refractivity contribution in [2.45, 2.75) is 45.5 Å². The van der Waals surface area contributed by atoms with Gasteiger partial charge in [0.05, 0.1) is 13.2 Å². The number of aliphatic hydroxyl groups excluding tert-OH is 1. The monoisotopic (exact) mass is 494 g/mol. The quantitative estimate of drug-likeness (QED) is 0.369. The highest BCUT2D eigenvalue weighted by Gasteiger charge is 2.14. The van der Waals surface area contributed by atoms with Gasteiger partial charge in [0.1, 0.15) is 6.10 Å². The van der Waals surface area contributed by atoms with Crippen LogP contribution in [0.25, 0.3) is 0 Å². The van der Waals surface area contributed by atoms with Gasteiger partial charge in [-0.15, -0.1) is 0 Å². The Morgan fingerprint density at radius 2 is 1.57 bits per heavy atom. The Hall–Kier alpha value is -0.850. The molecule has 0 radical (unpaired) electrons. The van der Waals surface area contributed by atoms with Crippen LogP contribution in [-0.2, 0) is 27.5 Å². The van der Waals surface area contributed by atoms with E-state index < -0.39 is 0 Å². The lowest BCUT2D eigenvalue weighted by molar-refractivity contribution is -0.129. The van der Waals surface area contributed by atoms with Crippen molar-refractivity contribution >= 4 is 52.2 Å². The Morgan fingerprint density at radius 3 is 2.03 bits per heavy atom. The fourth-order valence-corrected chi connectivity index (χ4v) is 3.44. The molecule has 0 saturated heterocycles. The van der Waals surface area contributed by atoms with E-state index in [2.05, 4.69) is 0 Å². The van der Waals surface area contributed by atoms with E-state index >= 15 is 0 Å². The molecule has 1 unspecified atom stereocenters. The van der Waals surface area contributed by atoms with Crippen molar-refractivity contribution in [3.05, 3.63) is 67.6 Å². The van der Waals surface area contributed by atoms with Crippen LogP contribution in [-0.4, -0.2) is 30.7 Å². The molecule has 0 heterocycles. The van der Waals surface area contributed by atoms with Crippen molar-refractivity contribution in [1.82, 2.24) is 0 Å². The van der Waals surface area contributed by atoms with E-state index in [0.29, 0.717) is 58.1 Å². The number of hydrogen-bond donors (Lipinski definition) is 1. The van der Waals surface area contributed by atoms with Crippen LogP contribution in [0.4, 0.5) is 0 Å². The highest BCUT2D eigenvalue weighted by atomic mass is 35.5. The molecule has 2 rings (SSSR count). The molecule has 2 aromatic rings. The first-order valence-electron chi connectivity index (χ1n) is 9.44. The summed E-state index contributed by atoms with van der Waals surface area (Å²) in [4.78, 5) is 11.7. The number of halogens is 4. The standard InChI is InChI=1S/C15H20Cl2O3.C7H6Cl2O/c1-3-15(19-2)14(18)5-4-8-20-10-11-6-7-12(16)9-13(11)17;8-6-2-1-5(4-10)7(9)3-6/h6-7,9,15H,3-5,8,10H2,1-2H3;1-3,10H,4H2. The van der Waals surface area contributed by atoms with Gasteiger partial charge in [0.2, 0.25) is 0 Å². The van der Waals surface area contributed by atoms with Crippen molar-refractivity contribution in [3.8, 4) is 0 Å². The first-order valence-corrected chi connectivity index (χ1v) is 11.0. The predicted octanol–water partition coefficient (Wildman–Crippen LogP) is 6.77. The number of Topliss-reactive ketones (excluding diaryl/α,β-unsaturated/α-hetero) is 1. The highest BCUT2D eigenvalue weighted by molar-refractivity contribution is 6.35. The topological polar surface area (TPSA) is 55.8 Å². The van der Waals surface area contributed by atoms with Gasteiger partial charge < -0.3 is 14.6 Å². The molecular weight excluding hydrogens is 470 g/mol. The molecular formula is C22H26Cl4O4. The summed E-state index contributed by atoms with van der Waals surface area (Å²) in [6.45, 7) is 2.83. The van der Waals surface area contributed by atoms with Gasteiger partial charge in [-0.2, -0.15) is 0 Å². The highest BCUT2D eigenvalue weighted by Crippen LogP contribution is 2.22.